The summed E-state index contributed by atoms with van der Waals surface area (Å²) in [5.41, 5.74) is 1.21. The molecule has 0 radical (unpaired) electrons. The molecule has 2 aromatic rings. The highest BCUT2D eigenvalue weighted by Gasteiger charge is 2.09. The van der Waals surface area contributed by atoms with E-state index in [0.29, 0.717) is 12.5 Å². The highest BCUT2D eigenvalue weighted by Crippen LogP contribution is 2.31. The summed E-state index contributed by atoms with van der Waals surface area (Å²) in [6.07, 6.45) is 0. The van der Waals surface area contributed by atoms with Crippen LogP contribution >= 0.6 is 38.9 Å². The minimum Gasteiger partial charge on any atom is -0.488 e. The molecule has 0 fully saturated rings. The number of hydrogen-bond acceptors (Lipinski definition) is 2. The van der Waals surface area contributed by atoms with Crippen LogP contribution in [0.2, 0.25) is 4.34 Å². The minimum absolute atomic E-state index is 0.435. The molecule has 0 aliphatic rings. The first-order valence-corrected chi connectivity index (χ1v) is 7.71. The molecule has 0 amide bonds. The topological polar surface area (TPSA) is 9.23 Å². The van der Waals surface area contributed by atoms with Crippen molar-refractivity contribution in [3.8, 4) is 5.75 Å². The Balaban J connectivity index is 2.13. The Morgan fingerprint density at radius 1 is 1.28 bits per heavy atom. The van der Waals surface area contributed by atoms with Crippen LogP contribution in [0.4, 0.5) is 0 Å². The molecule has 0 aliphatic heterocycles. The Morgan fingerprint density at radius 2 is 2.06 bits per heavy atom. The van der Waals surface area contributed by atoms with Gasteiger partial charge >= 0.3 is 0 Å². The van der Waals surface area contributed by atoms with E-state index in [1.807, 2.05) is 24.3 Å². The molecule has 4 heteroatoms. The van der Waals surface area contributed by atoms with Gasteiger partial charge in [-0.15, -0.1) is 11.3 Å². The van der Waals surface area contributed by atoms with E-state index >= 15 is 0 Å². The fraction of sp³-hybridized carbons (Fsp3) is 0.286. The lowest BCUT2D eigenvalue weighted by Crippen LogP contribution is -1.98. The first kappa shape index (κ1) is 13.9. The third kappa shape index (κ3) is 3.50. The van der Waals surface area contributed by atoms with E-state index in [1.165, 1.54) is 5.56 Å². The summed E-state index contributed by atoms with van der Waals surface area (Å²) < 4.78 is 7.76. The van der Waals surface area contributed by atoms with Crippen LogP contribution in [0.1, 0.15) is 30.2 Å². The third-order valence-electron chi connectivity index (χ3n) is 2.59. The zero-order valence-electron chi connectivity index (χ0n) is 10.2. The van der Waals surface area contributed by atoms with Crippen molar-refractivity contribution in [1.29, 1.82) is 0 Å². The summed E-state index contributed by atoms with van der Waals surface area (Å²) in [6, 6.07) is 10.0. The number of hydrogen-bond donors (Lipinski definition) is 0. The number of rotatable bonds is 4. The maximum absolute atomic E-state index is 5.90. The molecular formula is C14H14BrClOS. The molecule has 1 heterocycles. The van der Waals surface area contributed by atoms with Crippen molar-refractivity contribution < 1.29 is 4.74 Å². The molecular weight excluding hydrogens is 332 g/mol. The van der Waals surface area contributed by atoms with Crippen LogP contribution in [-0.4, -0.2) is 0 Å². The van der Waals surface area contributed by atoms with Gasteiger partial charge in [-0.1, -0.05) is 41.4 Å². The summed E-state index contributed by atoms with van der Waals surface area (Å²) in [6.45, 7) is 4.89. The molecule has 0 atom stereocenters. The van der Waals surface area contributed by atoms with Crippen LogP contribution in [0, 0.1) is 0 Å². The second kappa shape index (κ2) is 6.09. The average Bonchev–Trinajstić information content (AvgIpc) is 2.73. The van der Waals surface area contributed by atoms with Gasteiger partial charge in [0.25, 0.3) is 0 Å². The quantitative estimate of drug-likeness (QED) is 0.673. The van der Waals surface area contributed by atoms with Crippen molar-refractivity contribution in [2.45, 2.75) is 26.4 Å². The maximum atomic E-state index is 5.90. The standard InChI is InChI=1S/C14H14BrClOS/c1-9(2)12-7-10(15)3-5-13(12)17-8-11-4-6-14(16)18-11/h3-7,9H,8H2,1-2H3. The highest BCUT2D eigenvalue weighted by molar-refractivity contribution is 9.10. The molecule has 1 aromatic carbocycles. The predicted octanol–water partition coefficient (Wildman–Crippen LogP) is 5.87. The van der Waals surface area contributed by atoms with Crippen molar-refractivity contribution in [2.75, 3.05) is 0 Å². The van der Waals surface area contributed by atoms with E-state index < -0.39 is 0 Å². The third-order valence-corrected chi connectivity index (χ3v) is 4.29. The van der Waals surface area contributed by atoms with Gasteiger partial charge < -0.3 is 4.74 Å². The van der Waals surface area contributed by atoms with Gasteiger partial charge in [-0.2, -0.15) is 0 Å². The molecule has 18 heavy (non-hydrogen) atoms. The molecule has 1 nitrogen and oxygen atoms in total. The van der Waals surface area contributed by atoms with Crippen molar-refractivity contribution in [2.24, 2.45) is 0 Å². The Kier molecular flexibility index (Phi) is 4.71. The number of ether oxygens (including phenoxy) is 1. The molecule has 0 spiro atoms. The zero-order valence-corrected chi connectivity index (χ0v) is 13.4. The summed E-state index contributed by atoms with van der Waals surface area (Å²) in [5, 5.41) is 0. The second-order valence-electron chi connectivity index (χ2n) is 4.33. The van der Waals surface area contributed by atoms with Crippen molar-refractivity contribution in [1.82, 2.24) is 0 Å². The van der Waals surface area contributed by atoms with E-state index in [4.69, 9.17) is 16.3 Å². The predicted molar refractivity (Wildman–Crippen MR) is 81.9 cm³/mol. The fourth-order valence-electron chi connectivity index (χ4n) is 1.68. The van der Waals surface area contributed by atoms with E-state index in [-0.39, 0.29) is 0 Å². The van der Waals surface area contributed by atoms with Crippen molar-refractivity contribution in [3.63, 3.8) is 0 Å². The molecule has 0 saturated carbocycles. The van der Waals surface area contributed by atoms with Crippen LogP contribution in [-0.2, 0) is 6.61 Å². The van der Waals surface area contributed by atoms with Gasteiger partial charge in [0.2, 0.25) is 0 Å². The van der Waals surface area contributed by atoms with Gasteiger partial charge in [0.1, 0.15) is 12.4 Å². The lowest BCUT2D eigenvalue weighted by atomic mass is 10.0. The zero-order chi connectivity index (χ0) is 13.1. The molecule has 0 saturated heterocycles. The molecule has 1 aromatic heterocycles. The van der Waals surface area contributed by atoms with E-state index in [2.05, 4.69) is 35.8 Å². The summed E-state index contributed by atoms with van der Waals surface area (Å²) >= 11 is 10.9. The summed E-state index contributed by atoms with van der Waals surface area (Å²) in [5.74, 6) is 1.38. The lowest BCUT2D eigenvalue weighted by molar-refractivity contribution is 0.305. The summed E-state index contributed by atoms with van der Waals surface area (Å²) in [4.78, 5) is 1.14. The fourth-order valence-corrected chi connectivity index (χ4v) is 3.06. The van der Waals surface area contributed by atoms with Crippen LogP contribution in [0.25, 0.3) is 0 Å². The van der Waals surface area contributed by atoms with Gasteiger partial charge in [-0.05, 0) is 41.8 Å². The number of benzene rings is 1. The normalized spacial score (nSPS) is 10.9. The largest absolute Gasteiger partial charge is 0.488 e. The molecule has 0 aliphatic carbocycles. The smallest absolute Gasteiger partial charge is 0.123 e. The van der Waals surface area contributed by atoms with Gasteiger partial charge in [0, 0.05) is 9.35 Å². The van der Waals surface area contributed by atoms with Gasteiger partial charge in [0.05, 0.1) is 4.34 Å². The second-order valence-corrected chi connectivity index (χ2v) is 7.05. The molecule has 2 rings (SSSR count). The SMILES string of the molecule is CC(C)c1cc(Br)ccc1OCc1ccc(Cl)s1. The maximum Gasteiger partial charge on any atom is 0.123 e. The molecule has 0 unspecified atom stereocenters. The average molecular weight is 346 g/mol. The van der Waals surface area contributed by atoms with Gasteiger partial charge in [0.15, 0.2) is 0 Å². The van der Waals surface area contributed by atoms with Crippen molar-refractivity contribution in [3.05, 3.63) is 49.6 Å². The van der Waals surface area contributed by atoms with E-state index in [0.717, 1.165) is 19.4 Å². The van der Waals surface area contributed by atoms with Crippen LogP contribution < -0.4 is 4.74 Å². The molecule has 96 valence electrons. The lowest BCUT2D eigenvalue weighted by Gasteiger charge is -2.14. The van der Waals surface area contributed by atoms with Crippen molar-refractivity contribution >= 4 is 38.9 Å². The Morgan fingerprint density at radius 3 is 2.67 bits per heavy atom. The Labute approximate surface area is 125 Å². The Bertz CT molecular complexity index is 536. The van der Waals surface area contributed by atoms with Crippen LogP contribution in [0.5, 0.6) is 5.75 Å². The summed E-state index contributed by atoms with van der Waals surface area (Å²) in [7, 11) is 0. The van der Waals surface area contributed by atoms with E-state index in [1.54, 1.807) is 11.3 Å². The number of thiophene rings is 1. The Hall–Kier alpha value is -0.510. The van der Waals surface area contributed by atoms with Gasteiger partial charge in [-0.3, -0.25) is 0 Å². The monoisotopic (exact) mass is 344 g/mol. The first-order valence-electron chi connectivity index (χ1n) is 5.72. The van der Waals surface area contributed by atoms with Crippen LogP contribution in [0.15, 0.2) is 34.8 Å². The minimum atomic E-state index is 0.435. The van der Waals surface area contributed by atoms with Crippen LogP contribution in [0.3, 0.4) is 0 Å². The van der Waals surface area contributed by atoms with E-state index in [9.17, 15) is 0 Å². The molecule has 0 bridgehead atoms. The molecule has 0 N–H and O–H groups in total. The highest BCUT2D eigenvalue weighted by atomic mass is 79.9. The first-order chi connectivity index (χ1) is 8.56. The van der Waals surface area contributed by atoms with Gasteiger partial charge in [-0.25, -0.2) is 0 Å². The number of halogens is 2.